The van der Waals surface area contributed by atoms with Gasteiger partial charge in [0.1, 0.15) is 6.17 Å². The maximum absolute atomic E-state index is 13.1. The van der Waals surface area contributed by atoms with Gasteiger partial charge in [-0.05, 0) is 86.0 Å². The number of thiocarbonyl (C=S) groups is 2. The monoisotopic (exact) mass is 560 g/mol. The number of carbonyl (C=O) groups excluding carboxylic acids is 2. The van der Waals surface area contributed by atoms with Gasteiger partial charge >= 0.3 is 0 Å². The van der Waals surface area contributed by atoms with Crippen LogP contribution in [0.2, 0.25) is 0 Å². The minimum atomic E-state index is -0.510. The molecule has 6 nitrogen and oxygen atoms in total. The van der Waals surface area contributed by atoms with Crippen molar-refractivity contribution in [3.63, 3.8) is 0 Å². The van der Waals surface area contributed by atoms with Crippen molar-refractivity contribution in [1.82, 2.24) is 19.6 Å². The molecular formula is C25H44N4O2S4. The normalized spacial score (nSPS) is 17.7. The third kappa shape index (κ3) is 8.20. The number of carbonyl (C=O) groups is 2. The van der Waals surface area contributed by atoms with Crippen LogP contribution in [0.4, 0.5) is 0 Å². The number of thioether (sulfide) groups is 2. The molecule has 2 saturated heterocycles. The summed E-state index contributed by atoms with van der Waals surface area (Å²) >= 11 is 15.4. The molecule has 200 valence electrons. The molecule has 2 aliphatic heterocycles. The van der Waals surface area contributed by atoms with Crippen molar-refractivity contribution >= 4 is 70.0 Å². The summed E-state index contributed by atoms with van der Waals surface area (Å²) in [6, 6.07) is 0. The Balaban J connectivity index is 2.02. The van der Waals surface area contributed by atoms with Crippen molar-refractivity contribution in [2.75, 3.05) is 49.2 Å². The largest absolute Gasteiger partial charge is 0.340 e. The van der Waals surface area contributed by atoms with E-state index in [-0.39, 0.29) is 30.3 Å². The van der Waals surface area contributed by atoms with Crippen molar-refractivity contribution in [3.05, 3.63) is 0 Å². The highest BCUT2D eigenvalue weighted by Crippen LogP contribution is 2.37. The molecule has 2 heterocycles. The van der Waals surface area contributed by atoms with E-state index in [1.807, 2.05) is 47.2 Å². The smallest absolute Gasteiger partial charge is 0.250 e. The molecule has 0 atom stereocenters. The van der Waals surface area contributed by atoms with Crippen LogP contribution < -0.4 is 0 Å². The molecule has 0 spiro atoms. The molecule has 0 saturated carbocycles. The van der Waals surface area contributed by atoms with Gasteiger partial charge in [0.25, 0.3) is 0 Å². The lowest BCUT2D eigenvalue weighted by atomic mass is 9.84. The Morgan fingerprint density at radius 1 is 0.771 bits per heavy atom. The van der Waals surface area contributed by atoms with Crippen molar-refractivity contribution in [3.8, 4) is 0 Å². The lowest BCUT2D eigenvalue weighted by Gasteiger charge is -2.44. The van der Waals surface area contributed by atoms with Crippen LogP contribution in [0.1, 0.15) is 67.7 Å². The number of nitrogens with zero attached hydrogens (tertiary/aromatic N) is 4. The third-order valence-electron chi connectivity index (χ3n) is 6.56. The van der Waals surface area contributed by atoms with E-state index in [4.69, 9.17) is 24.4 Å². The Morgan fingerprint density at radius 2 is 1.20 bits per heavy atom. The first-order chi connectivity index (χ1) is 16.3. The van der Waals surface area contributed by atoms with Crippen molar-refractivity contribution in [2.24, 2.45) is 10.8 Å². The van der Waals surface area contributed by atoms with Crippen LogP contribution in [0.3, 0.4) is 0 Å². The topological polar surface area (TPSA) is 47.1 Å². The standard InChI is InChI=1S/C25H44N4O2S4/c1-8-26-17-19(30)28(22(26)32)21(29-20(31)18-27(9-2)23(29)33)25(6,7)12-16-35-14-10-13-34-15-11-24(3,4)5/h21H,8-18H2,1-7H3. The fourth-order valence-corrected chi connectivity index (χ4v) is 7.74. The molecule has 0 unspecified atom stereocenters. The maximum Gasteiger partial charge on any atom is 0.250 e. The van der Waals surface area contributed by atoms with Gasteiger partial charge < -0.3 is 9.80 Å². The first kappa shape index (κ1) is 30.6. The van der Waals surface area contributed by atoms with Crippen LogP contribution in [0.15, 0.2) is 0 Å². The highest BCUT2D eigenvalue weighted by atomic mass is 32.2. The van der Waals surface area contributed by atoms with E-state index >= 15 is 0 Å². The number of likely N-dealkylation sites (N-methyl/N-ethyl adjacent to an activating group) is 2. The molecule has 0 radical (unpaired) electrons. The summed E-state index contributed by atoms with van der Waals surface area (Å²) in [7, 11) is 0. The zero-order valence-corrected chi connectivity index (χ0v) is 25.9. The van der Waals surface area contributed by atoms with Gasteiger partial charge in [-0.3, -0.25) is 19.4 Å². The van der Waals surface area contributed by atoms with E-state index in [2.05, 4.69) is 34.6 Å². The summed E-state index contributed by atoms with van der Waals surface area (Å²) in [6.07, 6.45) is 2.80. The van der Waals surface area contributed by atoms with E-state index in [0.29, 0.717) is 28.7 Å². The van der Waals surface area contributed by atoms with Crippen LogP contribution in [0.5, 0.6) is 0 Å². The van der Waals surface area contributed by atoms with E-state index in [1.165, 1.54) is 24.3 Å². The summed E-state index contributed by atoms with van der Waals surface area (Å²) in [6.45, 7) is 17.0. The number of amides is 2. The molecule has 0 aromatic rings. The highest BCUT2D eigenvalue weighted by Gasteiger charge is 2.51. The number of hydrogen-bond donors (Lipinski definition) is 0. The average Bonchev–Trinajstić information content (AvgIpc) is 3.21. The molecule has 35 heavy (non-hydrogen) atoms. The summed E-state index contributed by atoms with van der Waals surface area (Å²) in [4.78, 5) is 33.4. The molecule has 2 fully saturated rings. The quantitative estimate of drug-likeness (QED) is 0.219. The zero-order valence-electron chi connectivity index (χ0n) is 22.6. The first-order valence-electron chi connectivity index (χ1n) is 12.7. The van der Waals surface area contributed by atoms with Crippen LogP contribution in [-0.4, -0.2) is 97.0 Å². The molecule has 0 aliphatic carbocycles. The lowest BCUT2D eigenvalue weighted by Crippen LogP contribution is -2.60. The Morgan fingerprint density at radius 3 is 1.57 bits per heavy atom. The van der Waals surface area contributed by atoms with Crippen molar-refractivity contribution in [1.29, 1.82) is 0 Å². The molecule has 2 aliphatic rings. The van der Waals surface area contributed by atoms with Crippen molar-refractivity contribution < 1.29 is 9.59 Å². The molecule has 2 amide bonds. The van der Waals surface area contributed by atoms with Crippen LogP contribution >= 0.6 is 48.0 Å². The SMILES string of the molecule is CCN1CC(=O)N(C(N2C(=O)CN(CC)C2=S)C(C)(C)CCSCCCSCCC(C)(C)C)C1=S. The summed E-state index contributed by atoms with van der Waals surface area (Å²) in [5, 5.41) is 1.00. The minimum absolute atomic E-state index is 0.0552. The lowest BCUT2D eigenvalue weighted by molar-refractivity contribution is -0.137. The Bertz CT molecular complexity index is 742. The molecule has 0 aromatic heterocycles. The van der Waals surface area contributed by atoms with E-state index in [1.54, 1.807) is 9.80 Å². The van der Waals surface area contributed by atoms with Gasteiger partial charge in [0.05, 0.1) is 13.1 Å². The number of hydrogen-bond acceptors (Lipinski definition) is 6. The molecule has 2 rings (SSSR count). The fourth-order valence-electron chi connectivity index (χ4n) is 4.23. The molecule has 0 aromatic carbocycles. The third-order valence-corrected chi connectivity index (χ3v) is 9.61. The fraction of sp³-hybridized carbons (Fsp3) is 0.840. The Kier molecular flexibility index (Phi) is 11.6. The average molecular weight is 561 g/mol. The van der Waals surface area contributed by atoms with Crippen LogP contribution in [-0.2, 0) is 9.59 Å². The molecule has 10 heteroatoms. The van der Waals surface area contributed by atoms with E-state index in [9.17, 15) is 9.59 Å². The second-order valence-electron chi connectivity index (χ2n) is 11.1. The first-order valence-corrected chi connectivity index (χ1v) is 15.8. The summed E-state index contributed by atoms with van der Waals surface area (Å²) in [5.74, 6) is 4.40. The molecular weight excluding hydrogens is 517 g/mol. The van der Waals surface area contributed by atoms with E-state index < -0.39 is 6.17 Å². The Labute approximate surface area is 232 Å². The van der Waals surface area contributed by atoms with Gasteiger partial charge in [-0.25, -0.2) is 0 Å². The minimum Gasteiger partial charge on any atom is -0.340 e. The molecule has 0 bridgehead atoms. The second kappa shape index (κ2) is 13.3. The van der Waals surface area contributed by atoms with Gasteiger partial charge in [0.15, 0.2) is 10.2 Å². The van der Waals surface area contributed by atoms with Gasteiger partial charge in [0, 0.05) is 18.5 Å². The van der Waals surface area contributed by atoms with Crippen LogP contribution in [0.25, 0.3) is 0 Å². The van der Waals surface area contributed by atoms with Gasteiger partial charge in [0.2, 0.25) is 11.8 Å². The number of rotatable bonds is 14. The van der Waals surface area contributed by atoms with Crippen molar-refractivity contribution in [2.45, 2.75) is 73.9 Å². The second-order valence-corrected chi connectivity index (χ2v) is 14.3. The summed E-state index contributed by atoms with van der Waals surface area (Å²) < 4.78 is 0. The summed E-state index contributed by atoms with van der Waals surface area (Å²) in [5.41, 5.74) is 0.0334. The van der Waals surface area contributed by atoms with Crippen LogP contribution in [0, 0.1) is 10.8 Å². The predicted molar refractivity (Wildman–Crippen MR) is 159 cm³/mol. The highest BCUT2D eigenvalue weighted by molar-refractivity contribution is 8.00. The Hall–Kier alpha value is -0.580. The predicted octanol–water partition coefficient (Wildman–Crippen LogP) is 4.92. The zero-order chi connectivity index (χ0) is 26.4. The van der Waals surface area contributed by atoms with E-state index in [0.717, 1.165) is 17.9 Å². The molecule has 0 N–H and O–H groups in total. The maximum atomic E-state index is 13.1. The van der Waals surface area contributed by atoms with Gasteiger partial charge in [-0.15, -0.1) is 0 Å². The van der Waals surface area contributed by atoms with Gasteiger partial charge in [-0.1, -0.05) is 34.6 Å². The van der Waals surface area contributed by atoms with Gasteiger partial charge in [-0.2, -0.15) is 23.5 Å².